The number of hydrogen-bond acceptors (Lipinski definition) is 7. The molecule has 1 aliphatic rings. The van der Waals surface area contributed by atoms with Crippen LogP contribution >= 0.6 is 0 Å². The first-order valence-electron chi connectivity index (χ1n) is 7.25. The molecule has 1 aromatic carbocycles. The van der Waals surface area contributed by atoms with Crippen LogP contribution < -0.4 is 15.2 Å². The van der Waals surface area contributed by atoms with Crippen molar-refractivity contribution in [3.63, 3.8) is 0 Å². The summed E-state index contributed by atoms with van der Waals surface area (Å²) in [7, 11) is 0. The fourth-order valence-electron chi connectivity index (χ4n) is 2.82. The van der Waals surface area contributed by atoms with Gasteiger partial charge in [0.2, 0.25) is 6.79 Å². The van der Waals surface area contributed by atoms with Crippen LogP contribution in [0.15, 0.2) is 12.1 Å². The SMILES string of the molecule is CCc1nc(N)c(C#N)c(-c2cc3c(cc2[N+](=O)[O-])OCO3)c1C. The summed E-state index contributed by atoms with van der Waals surface area (Å²) in [5.74, 6) is 0.758. The molecule has 3 rings (SSSR count). The second-order valence-corrected chi connectivity index (χ2v) is 5.26. The first kappa shape index (κ1) is 15.6. The van der Waals surface area contributed by atoms with Gasteiger partial charge >= 0.3 is 0 Å². The topological polar surface area (TPSA) is 124 Å². The highest BCUT2D eigenvalue weighted by Crippen LogP contribution is 2.44. The second-order valence-electron chi connectivity index (χ2n) is 5.26. The molecule has 0 spiro atoms. The summed E-state index contributed by atoms with van der Waals surface area (Å²) in [6, 6.07) is 4.83. The van der Waals surface area contributed by atoms with Crippen molar-refractivity contribution < 1.29 is 14.4 Å². The lowest BCUT2D eigenvalue weighted by Crippen LogP contribution is -2.06. The molecule has 2 N–H and O–H groups in total. The molecule has 2 aromatic rings. The Kier molecular flexibility index (Phi) is 3.69. The average molecular weight is 326 g/mol. The highest BCUT2D eigenvalue weighted by molar-refractivity contribution is 5.86. The molecule has 0 aliphatic carbocycles. The number of rotatable bonds is 3. The fraction of sp³-hybridized carbons (Fsp3) is 0.250. The Hall–Kier alpha value is -3.34. The monoisotopic (exact) mass is 326 g/mol. The Labute approximate surface area is 137 Å². The molecular formula is C16H14N4O4. The number of pyridine rings is 1. The number of benzene rings is 1. The molecular weight excluding hydrogens is 312 g/mol. The van der Waals surface area contributed by atoms with E-state index in [2.05, 4.69) is 4.98 Å². The van der Waals surface area contributed by atoms with E-state index in [9.17, 15) is 15.4 Å². The lowest BCUT2D eigenvalue weighted by atomic mass is 9.92. The van der Waals surface area contributed by atoms with Gasteiger partial charge in [0.15, 0.2) is 11.5 Å². The van der Waals surface area contributed by atoms with Gasteiger partial charge in [-0.05, 0) is 25.0 Å². The second kappa shape index (κ2) is 5.70. The Morgan fingerprint density at radius 2 is 2.08 bits per heavy atom. The van der Waals surface area contributed by atoms with Crippen molar-refractivity contribution in [2.24, 2.45) is 0 Å². The van der Waals surface area contributed by atoms with Crippen LogP contribution in [0.2, 0.25) is 0 Å². The molecule has 8 nitrogen and oxygen atoms in total. The van der Waals surface area contributed by atoms with E-state index in [-0.39, 0.29) is 29.4 Å². The quantitative estimate of drug-likeness (QED) is 0.679. The van der Waals surface area contributed by atoms with Crippen LogP contribution in [-0.2, 0) is 6.42 Å². The third-order valence-electron chi connectivity index (χ3n) is 3.97. The minimum Gasteiger partial charge on any atom is -0.454 e. The van der Waals surface area contributed by atoms with E-state index in [1.807, 2.05) is 13.0 Å². The molecule has 0 unspecified atom stereocenters. The number of nitro groups is 1. The molecule has 0 atom stereocenters. The third-order valence-corrected chi connectivity index (χ3v) is 3.97. The van der Waals surface area contributed by atoms with Crippen molar-refractivity contribution in [3.05, 3.63) is 39.1 Å². The summed E-state index contributed by atoms with van der Waals surface area (Å²) >= 11 is 0. The molecule has 8 heteroatoms. The molecule has 0 saturated heterocycles. The Balaban J connectivity index is 2.40. The van der Waals surface area contributed by atoms with Crippen LogP contribution in [0.25, 0.3) is 11.1 Å². The zero-order chi connectivity index (χ0) is 17.4. The fourth-order valence-corrected chi connectivity index (χ4v) is 2.82. The largest absolute Gasteiger partial charge is 0.454 e. The van der Waals surface area contributed by atoms with E-state index in [1.54, 1.807) is 6.92 Å². The van der Waals surface area contributed by atoms with Crippen LogP contribution in [-0.4, -0.2) is 16.7 Å². The molecule has 0 fully saturated rings. The Morgan fingerprint density at radius 3 is 2.67 bits per heavy atom. The number of nitriles is 1. The highest BCUT2D eigenvalue weighted by atomic mass is 16.7. The van der Waals surface area contributed by atoms with E-state index in [0.717, 1.165) is 0 Å². The molecule has 122 valence electrons. The molecule has 0 radical (unpaired) electrons. The number of aryl methyl sites for hydroxylation is 1. The van der Waals surface area contributed by atoms with Gasteiger partial charge in [0.05, 0.1) is 16.6 Å². The van der Waals surface area contributed by atoms with Crippen LogP contribution in [0.1, 0.15) is 23.7 Å². The maximum atomic E-state index is 11.5. The molecule has 1 aliphatic heterocycles. The number of aromatic nitrogens is 1. The van der Waals surface area contributed by atoms with Gasteiger partial charge in [0.1, 0.15) is 17.5 Å². The van der Waals surface area contributed by atoms with Crippen molar-refractivity contribution in [1.82, 2.24) is 4.98 Å². The summed E-state index contributed by atoms with van der Waals surface area (Å²) in [4.78, 5) is 15.2. The van der Waals surface area contributed by atoms with Gasteiger partial charge in [-0.3, -0.25) is 10.1 Å². The van der Waals surface area contributed by atoms with Crippen molar-refractivity contribution >= 4 is 11.5 Å². The first-order chi connectivity index (χ1) is 11.5. The van der Waals surface area contributed by atoms with E-state index < -0.39 is 4.92 Å². The number of anilines is 1. The Morgan fingerprint density at radius 1 is 1.42 bits per heavy atom. The van der Waals surface area contributed by atoms with Crippen LogP contribution in [0.4, 0.5) is 11.5 Å². The molecule has 24 heavy (non-hydrogen) atoms. The normalized spacial score (nSPS) is 12.0. The van der Waals surface area contributed by atoms with Crippen LogP contribution in [0, 0.1) is 28.4 Å². The number of fused-ring (bicyclic) bond motifs is 1. The maximum Gasteiger partial charge on any atom is 0.281 e. The molecule has 2 heterocycles. The predicted molar refractivity (Wildman–Crippen MR) is 85.7 cm³/mol. The number of nitro benzene ring substituents is 1. The lowest BCUT2D eigenvalue weighted by molar-refractivity contribution is -0.384. The number of nitrogen functional groups attached to an aromatic ring is 1. The highest BCUT2D eigenvalue weighted by Gasteiger charge is 2.28. The van der Waals surface area contributed by atoms with E-state index in [0.29, 0.717) is 34.7 Å². The van der Waals surface area contributed by atoms with Crippen molar-refractivity contribution in [1.29, 1.82) is 5.26 Å². The Bertz CT molecular complexity index is 901. The van der Waals surface area contributed by atoms with Gasteiger partial charge in [-0.15, -0.1) is 0 Å². The standard InChI is InChI=1S/C16H14N4O4/c1-3-11-8(2)15(10(6-17)16(18)19-11)9-4-13-14(24-7-23-13)5-12(9)20(21)22/h4-5H,3,7H2,1-2H3,(H2,18,19). The molecule has 1 aromatic heterocycles. The molecule has 0 bridgehead atoms. The van der Waals surface area contributed by atoms with Crippen LogP contribution in [0.5, 0.6) is 11.5 Å². The first-order valence-corrected chi connectivity index (χ1v) is 7.25. The van der Waals surface area contributed by atoms with E-state index in [1.165, 1.54) is 12.1 Å². The number of hydrogen-bond donors (Lipinski definition) is 1. The van der Waals surface area contributed by atoms with Gasteiger partial charge < -0.3 is 15.2 Å². The van der Waals surface area contributed by atoms with Crippen molar-refractivity contribution in [2.75, 3.05) is 12.5 Å². The van der Waals surface area contributed by atoms with Gasteiger partial charge in [-0.25, -0.2) is 4.98 Å². The van der Waals surface area contributed by atoms with Gasteiger partial charge in [-0.2, -0.15) is 5.26 Å². The van der Waals surface area contributed by atoms with Crippen LogP contribution in [0.3, 0.4) is 0 Å². The zero-order valence-corrected chi connectivity index (χ0v) is 13.1. The van der Waals surface area contributed by atoms with Crippen molar-refractivity contribution in [2.45, 2.75) is 20.3 Å². The molecule has 0 saturated carbocycles. The predicted octanol–water partition coefficient (Wildman–Crippen LogP) is 2.71. The summed E-state index contributed by atoms with van der Waals surface area (Å²) < 4.78 is 10.5. The van der Waals surface area contributed by atoms with Crippen molar-refractivity contribution in [3.8, 4) is 28.7 Å². The minimum absolute atomic E-state index is 0.00127. The average Bonchev–Trinajstić information content (AvgIpc) is 3.02. The maximum absolute atomic E-state index is 11.5. The molecule has 0 amide bonds. The third kappa shape index (κ3) is 2.27. The van der Waals surface area contributed by atoms with Gasteiger partial charge in [-0.1, -0.05) is 6.92 Å². The zero-order valence-electron chi connectivity index (χ0n) is 13.1. The smallest absolute Gasteiger partial charge is 0.281 e. The number of ether oxygens (including phenoxy) is 2. The lowest BCUT2D eigenvalue weighted by Gasteiger charge is -2.14. The van der Waals surface area contributed by atoms with Gasteiger partial charge in [0, 0.05) is 11.3 Å². The summed E-state index contributed by atoms with van der Waals surface area (Å²) in [5.41, 5.74) is 7.89. The van der Waals surface area contributed by atoms with Gasteiger partial charge in [0.25, 0.3) is 5.69 Å². The van der Waals surface area contributed by atoms with E-state index in [4.69, 9.17) is 15.2 Å². The summed E-state index contributed by atoms with van der Waals surface area (Å²) in [5, 5.41) is 21.0. The number of nitrogens with zero attached hydrogens (tertiary/aromatic N) is 3. The van der Waals surface area contributed by atoms with E-state index >= 15 is 0 Å². The summed E-state index contributed by atoms with van der Waals surface area (Å²) in [6.07, 6.45) is 0.590. The summed E-state index contributed by atoms with van der Waals surface area (Å²) in [6.45, 7) is 3.67. The minimum atomic E-state index is -0.514. The number of nitrogens with two attached hydrogens (primary N) is 1.